The van der Waals surface area contributed by atoms with Gasteiger partial charge in [-0.3, -0.25) is 0 Å². The summed E-state index contributed by atoms with van der Waals surface area (Å²) < 4.78 is 0. The maximum absolute atomic E-state index is 2.40. The summed E-state index contributed by atoms with van der Waals surface area (Å²) in [7, 11) is 0. The molecule has 0 spiro atoms. The monoisotopic (exact) mass is 394 g/mol. The van der Waals surface area contributed by atoms with Crippen molar-refractivity contribution < 1.29 is 0 Å². The molecule has 1 aliphatic carbocycles. The van der Waals surface area contributed by atoms with Crippen LogP contribution in [0.3, 0.4) is 0 Å². The van der Waals surface area contributed by atoms with Crippen molar-refractivity contribution in [3.05, 3.63) is 70.1 Å². The molecule has 0 amide bonds. The first-order valence-corrected chi connectivity index (χ1v) is 11.6. The third kappa shape index (κ3) is 4.58. The van der Waals surface area contributed by atoms with Crippen LogP contribution in [0.1, 0.15) is 77.0 Å². The number of hydrogen-bond acceptors (Lipinski definition) is 1. The van der Waals surface area contributed by atoms with E-state index in [1.807, 2.05) is 52.9 Å². The number of fused-ring (bicyclic) bond motifs is 3. The molecule has 0 aliphatic heterocycles. The summed E-state index contributed by atoms with van der Waals surface area (Å²) in [6.45, 7) is 21.0. The van der Waals surface area contributed by atoms with E-state index in [4.69, 9.17) is 0 Å². The predicted molar refractivity (Wildman–Crippen MR) is 131 cm³/mol. The summed E-state index contributed by atoms with van der Waals surface area (Å²) >= 11 is 1.87. The van der Waals surface area contributed by atoms with E-state index in [1.54, 1.807) is 0 Å². The van der Waals surface area contributed by atoms with Crippen molar-refractivity contribution in [2.45, 2.75) is 74.7 Å². The molecule has 0 saturated carbocycles. The zero-order chi connectivity index (χ0) is 21.5. The first-order chi connectivity index (χ1) is 13.5. The molecule has 0 N–H and O–H groups in total. The molecular formula is C27H38S. The van der Waals surface area contributed by atoms with Crippen LogP contribution in [0, 0.1) is 13.8 Å². The van der Waals surface area contributed by atoms with Crippen LogP contribution in [0.4, 0.5) is 0 Å². The molecule has 0 radical (unpaired) electrons. The molecule has 0 nitrogen and oxygen atoms in total. The van der Waals surface area contributed by atoms with Gasteiger partial charge >= 0.3 is 0 Å². The van der Waals surface area contributed by atoms with E-state index in [1.165, 1.54) is 43.1 Å². The Morgan fingerprint density at radius 3 is 1.71 bits per heavy atom. The summed E-state index contributed by atoms with van der Waals surface area (Å²) in [6.07, 6.45) is 0. The van der Waals surface area contributed by atoms with Gasteiger partial charge in [0.2, 0.25) is 0 Å². The van der Waals surface area contributed by atoms with Crippen molar-refractivity contribution >= 4 is 11.3 Å². The van der Waals surface area contributed by atoms with E-state index in [2.05, 4.69) is 76.2 Å². The maximum atomic E-state index is 2.40. The minimum absolute atomic E-state index is 0.0823. The minimum Gasteiger partial charge on any atom is -0.141 e. The van der Waals surface area contributed by atoms with E-state index in [0.717, 1.165) is 0 Å². The van der Waals surface area contributed by atoms with Gasteiger partial charge in [0.15, 0.2) is 0 Å². The summed E-state index contributed by atoms with van der Waals surface area (Å²) in [6, 6.07) is 18.3. The Morgan fingerprint density at radius 1 is 0.643 bits per heavy atom. The Labute approximate surface area is 177 Å². The molecule has 2 aromatic carbocycles. The quantitative estimate of drug-likeness (QED) is 0.385. The van der Waals surface area contributed by atoms with Crippen molar-refractivity contribution in [2.75, 3.05) is 0 Å². The third-order valence-corrected chi connectivity index (χ3v) is 5.91. The van der Waals surface area contributed by atoms with Crippen LogP contribution in [0.25, 0.3) is 21.6 Å². The van der Waals surface area contributed by atoms with E-state index < -0.39 is 0 Å². The van der Waals surface area contributed by atoms with Gasteiger partial charge in [-0.2, -0.15) is 0 Å². The lowest BCUT2D eigenvalue weighted by Gasteiger charge is -2.22. The van der Waals surface area contributed by atoms with Gasteiger partial charge in [-0.15, -0.1) is 11.3 Å². The van der Waals surface area contributed by atoms with Crippen LogP contribution in [-0.4, -0.2) is 0 Å². The molecule has 0 atom stereocenters. The molecule has 0 unspecified atom stereocenters. The summed E-state index contributed by atoms with van der Waals surface area (Å²) in [5, 5.41) is 0. The Balaban J connectivity index is 0.000000599. The second kappa shape index (κ2) is 10.6. The zero-order valence-corrected chi connectivity index (χ0v) is 20.3. The highest BCUT2D eigenvalue weighted by Crippen LogP contribution is 2.50. The molecular weight excluding hydrogens is 356 g/mol. The first-order valence-electron chi connectivity index (χ1n) is 10.8. The molecule has 1 aliphatic rings. The fourth-order valence-corrected chi connectivity index (χ4v) is 4.46. The van der Waals surface area contributed by atoms with Crippen LogP contribution in [0.15, 0.2) is 48.5 Å². The van der Waals surface area contributed by atoms with Crippen molar-refractivity contribution in [2.24, 2.45) is 0 Å². The van der Waals surface area contributed by atoms with Gasteiger partial charge in [0.1, 0.15) is 0 Å². The van der Waals surface area contributed by atoms with Crippen LogP contribution in [0.5, 0.6) is 0 Å². The maximum Gasteiger partial charge on any atom is 0.0345 e. The van der Waals surface area contributed by atoms with Crippen LogP contribution >= 0.6 is 11.3 Å². The fraction of sp³-hybridized carbons (Fsp3) is 0.407. The van der Waals surface area contributed by atoms with Gasteiger partial charge in [0.25, 0.3) is 0 Å². The van der Waals surface area contributed by atoms with Crippen molar-refractivity contribution in [3.8, 4) is 21.6 Å². The molecule has 4 rings (SSSR count). The molecule has 152 valence electrons. The van der Waals surface area contributed by atoms with Gasteiger partial charge in [-0.25, -0.2) is 0 Å². The van der Waals surface area contributed by atoms with Gasteiger partial charge in [0.05, 0.1) is 0 Å². The molecule has 0 fully saturated rings. The van der Waals surface area contributed by atoms with Crippen LogP contribution in [0.2, 0.25) is 0 Å². The minimum atomic E-state index is 0.0823. The normalized spacial score (nSPS) is 12.2. The van der Waals surface area contributed by atoms with Crippen molar-refractivity contribution in [3.63, 3.8) is 0 Å². The number of rotatable bonds is 1. The van der Waals surface area contributed by atoms with E-state index >= 15 is 0 Å². The Hall–Kier alpha value is -1.86. The number of aryl methyl sites for hydroxylation is 2. The van der Waals surface area contributed by atoms with Gasteiger partial charge in [-0.05, 0) is 59.9 Å². The lowest BCUT2D eigenvalue weighted by molar-refractivity contribution is 0.660. The molecule has 28 heavy (non-hydrogen) atoms. The topological polar surface area (TPSA) is 0 Å². The highest BCUT2D eigenvalue weighted by atomic mass is 32.1. The largest absolute Gasteiger partial charge is 0.141 e. The van der Waals surface area contributed by atoms with E-state index in [9.17, 15) is 0 Å². The van der Waals surface area contributed by atoms with Gasteiger partial charge in [0, 0.05) is 15.2 Å². The average Bonchev–Trinajstić information content (AvgIpc) is 3.26. The van der Waals surface area contributed by atoms with Gasteiger partial charge < -0.3 is 0 Å². The summed E-state index contributed by atoms with van der Waals surface area (Å²) in [4.78, 5) is 2.73. The van der Waals surface area contributed by atoms with Crippen LogP contribution in [-0.2, 0) is 5.41 Å². The second-order valence-electron chi connectivity index (χ2n) is 6.84. The van der Waals surface area contributed by atoms with E-state index in [-0.39, 0.29) is 5.41 Å². The van der Waals surface area contributed by atoms with Crippen molar-refractivity contribution in [1.29, 1.82) is 0 Å². The lowest BCUT2D eigenvalue weighted by atomic mass is 9.81. The Kier molecular flexibility index (Phi) is 9.17. The number of hydrogen-bond donors (Lipinski definition) is 0. The average molecular weight is 395 g/mol. The third-order valence-electron chi connectivity index (χ3n) is 4.86. The highest BCUT2D eigenvalue weighted by Gasteiger charge is 2.35. The van der Waals surface area contributed by atoms with Gasteiger partial charge in [-0.1, -0.05) is 91.3 Å². The lowest BCUT2D eigenvalue weighted by Crippen LogP contribution is -2.15. The molecule has 1 aromatic heterocycles. The smallest absolute Gasteiger partial charge is 0.0345 e. The molecule has 3 aromatic rings. The van der Waals surface area contributed by atoms with Crippen LogP contribution < -0.4 is 0 Å². The highest BCUT2D eigenvalue weighted by molar-refractivity contribution is 7.15. The zero-order valence-electron chi connectivity index (χ0n) is 19.5. The second-order valence-corrected chi connectivity index (χ2v) is 8.13. The first kappa shape index (κ1) is 24.2. The summed E-state index contributed by atoms with van der Waals surface area (Å²) in [5.41, 5.74) is 8.48. The molecule has 1 heteroatoms. The SMILES string of the molecule is CC.CC.CC.Cc1ccc2c(c1)C(C)(C)c1cc(-c3ccc(C)s3)ccc1-2. The molecule has 1 heterocycles. The number of benzene rings is 2. The molecule has 0 bridgehead atoms. The van der Waals surface area contributed by atoms with Crippen molar-refractivity contribution in [1.82, 2.24) is 0 Å². The number of thiophene rings is 1. The fourth-order valence-electron chi connectivity index (χ4n) is 3.59. The summed E-state index contributed by atoms with van der Waals surface area (Å²) in [5.74, 6) is 0. The Bertz CT molecular complexity index is 881. The predicted octanol–water partition coefficient (Wildman–Crippen LogP) is 9.42. The van der Waals surface area contributed by atoms with E-state index in [0.29, 0.717) is 0 Å². The standard InChI is InChI=1S/C21H20S.3C2H6/c1-13-5-8-16-17-9-7-15(20-10-6-14(2)22-20)12-19(17)21(3,4)18(16)11-13;3*1-2/h5-12H,1-4H3;3*1-2H3. The molecule has 0 saturated heterocycles. The Morgan fingerprint density at radius 2 is 1.18 bits per heavy atom.